The summed E-state index contributed by atoms with van der Waals surface area (Å²) in [5.74, 6) is 1.28. The first-order valence-corrected chi connectivity index (χ1v) is 9.88. The van der Waals surface area contributed by atoms with Crippen molar-refractivity contribution in [2.45, 2.75) is 20.1 Å². The maximum atomic E-state index is 12.6. The summed E-state index contributed by atoms with van der Waals surface area (Å²) in [7, 11) is 1.51. The van der Waals surface area contributed by atoms with Crippen molar-refractivity contribution in [3.63, 3.8) is 0 Å². The van der Waals surface area contributed by atoms with Crippen molar-refractivity contribution in [1.82, 2.24) is 10.3 Å². The Bertz CT molecular complexity index is 996. The molecule has 156 valence electrons. The molecule has 30 heavy (non-hydrogen) atoms. The van der Waals surface area contributed by atoms with E-state index in [9.17, 15) is 4.79 Å². The number of methoxy groups -OCH3 is 1. The number of benzene rings is 2. The zero-order chi connectivity index (χ0) is 21.3. The van der Waals surface area contributed by atoms with Gasteiger partial charge in [0.1, 0.15) is 12.4 Å². The van der Waals surface area contributed by atoms with Crippen LogP contribution in [0.25, 0.3) is 0 Å². The van der Waals surface area contributed by atoms with E-state index in [1.54, 1.807) is 18.3 Å². The normalized spacial score (nSPS) is 10.4. The Labute approximate surface area is 180 Å². The first-order valence-electron chi connectivity index (χ1n) is 9.51. The number of carbonyl (C=O) groups is 1. The summed E-state index contributed by atoms with van der Waals surface area (Å²) in [6, 6.07) is 16.4. The van der Waals surface area contributed by atoms with Crippen LogP contribution < -0.4 is 19.5 Å². The van der Waals surface area contributed by atoms with E-state index in [-0.39, 0.29) is 5.91 Å². The number of ether oxygens (including phenoxy) is 3. The van der Waals surface area contributed by atoms with E-state index >= 15 is 0 Å². The van der Waals surface area contributed by atoms with Crippen LogP contribution in [0.5, 0.6) is 17.2 Å². The van der Waals surface area contributed by atoms with Crippen LogP contribution in [-0.4, -0.2) is 24.6 Å². The average molecular weight is 427 g/mol. The minimum absolute atomic E-state index is 0.266. The van der Waals surface area contributed by atoms with Crippen LogP contribution in [0.2, 0.25) is 5.02 Å². The molecule has 0 saturated carbocycles. The van der Waals surface area contributed by atoms with Gasteiger partial charge in [0.25, 0.3) is 5.91 Å². The fourth-order valence-corrected chi connectivity index (χ4v) is 3.07. The third kappa shape index (κ3) is 5.64. The highest BCUT2D eigenvalue weighted by Gasteiger charge is 2.15. The Kier molecular flexibility index (Phi) is 7.51. The van der Waals surface area contributed by atoms with Crippen molar-refractivity contribution >= 4 is 17.5 Å². The molecule has 7 heteroatoms. The summed E-state index contributed by atoms with van der Waals surface area (Å²) < 4.78 is 16.6. The summed E-state index contributed by atoms with van der Waals surface area (Å²) in [6.07, 6.45) is 1.73. The van der Waals surface area contributed by atoms with Crippen molar-refractivity contribution in [2.24, 2.45) is 0 Å². The number of nitrogens with one attached hydrogen (secondary N) is 1. The monoisotopic (exact) mass is 426 g/mol. The van der Waals surface area contributed by atoms with Gasteiger partial charge in [0.05, 0.1) is 24.4 Å². The largest absolute Gasteiger partial charge is 0.493 e. The molecule has 0 aliphatic rings. The van der Waals surface area contributed by atoms with Crippen LogP contribution in [0.3, 0.4) is 0 Å². The van der Waals surface area contributed by atoms with Crippen molar-refractivity contribution in [3.05, 3.63) is 82.6 Å². The first kappa shape index (κ1) is 21.5. The molecule has 1 N–H and O–H groups in total. The van der Waals surface area contributed by atoms with Crippen molar-refractivity contribution in [3.8, 4) is 17.2 Å². The number of carbonyl (C=O) groups excluding carboxylic acids is 1. The van der Waals surface area contributed by atoms with E-state index in [0.29, 0.717) is 47.6 Å². The zero-order valence-electron chi connectivity index (χ0n) is 16.9. The number of hydrogen-bond acceptors (Lipinski definition) is 5. The lowest BCUT2D eigenvalue weighted by atomic mass is 10.1. The molecule has 1 amide bonds. The third-order valence-corrected chi connectivity index (χ3v) is 4.53. The summed E-state index contributed by atoms with van der Waals surface area (Å²) in [4.78, 5) is 16.8. The van der Waals surface area contributed by atoms with Gasteiger partial charge in [-0.25, -0.2) is 0 Å². The van der Waals surface area contributed by atoms with E-state index in [4.69, 9.17) is 25.8 Å². The molecule has 0 bridgehead atoms. The number of pyridine rings is 1. The van der Waals surface area contributed by atoms with Gasteiger partial charge in [-0.2, -0.15) is 0 Å². The van der Waals surface area contributed by atoms with Gasteiger partial charge in [0.2, 0.25) is 0 Å². The summed E-state index contributed by atoms with van der Waals surface area (Å²) in [5.41, 5.74) is 2.14. The van der Waals surface area contributed by atoms with Gasteiger partial charge in [0.15, 0.2) is 11.5 Å². The predicted molar refractivity (Wildman–Crippen MR) is 115 cm³/mol. The van der Waals surface area contributed by atoms with Gasteiger partial charge in [-0.15, -0.1) is 0 Å². The second kappa shape index (κ2) is 10.5. The third-order valence-electron chi connectivity index (χ3n) is 4.24. The lowest BCUT2D eigenvalue weighted by molar-refractivity contribution is 0.0950. The molecule has 3 rings (SSSR count). The highest BCUT2D eigenvalue weighted by atomic mass is 35.5. The molecule has 0 radical (unpaired) electrons. The predicted octanol–water partition coefficient (Wildman–Crippen LogP) is 4.65. The molecule has 1 aromatic heterocycles. The number of hydrogen-bond donors (Lipinski definition) is 1. The van der Waals surface area contributed by atoms with E-state index in [1.807, 2.05) is 49.4 Å². The molecule has 0 aliphatic carbocycles. The number of halogens is 1. The molecule has 3 aromatic rings. The Hall–Kier alpha value is -3.25. The maximum absolute atomic E-state index is 12.6. The van der Waals surface area contributed by atoms with Gasteiger partial charge in [-0.3, -0.25) is 9.78 Å². The average Bonchev–Trinajstić information content (AvgIpc) is 2.78. The Morgan fingerprint density at radius 2 is 1.97 bits per heavy atom. The second-order valence-electron chi connectivity index (χ2n) is 6.36. The van der Waals surface area contributed by atoms with Gasteiger partial charge in [-0.05, 0) is 48.9 Å². The lowest BCUT2D eigenvalue weighted by Crippen LogP contribution is -2.23. The van der Waals surface area contributed by atoms with Crippen LogP contribution in [0.4, 0.5) is 0 Å². The minimum Gasteiger partial charge on any atom is -0.493 e. The molecular formula is C23H23ClN2O4. The molecule has 0 spiro atoms. The van der Waals surface area contributed by atoms with Crippen LogP contribution in [0, 0.1) is 0 Å². The molecular weight excluding hydrogens is 404 g/mol. The molecule has 0 aliphatic heterocycles. The fraction of sp³-hybridized carbons (Fsp3) is 0.217. The molecule has 0 fully saturated rings. The number of nitrogens with zero attached hydrogens (tertiary/aromatic N) is 1. The topological polar surface area (TPSA) is 69.7 Å². The molecule has 0 saturated heterocycles. The minimum atomic E-state index is -0.266. The van der Waals surface area contributed by atoms with Gasteiger partial charge < -0.3 is 19.5 Å². The SMILES string of the molecule is CCOc1c(Cl)cc(C(=O)NCc2cccc(OCc3ccccn3)c2)cc1OC. The smallest absolute Gasteiger partial charge is 0.251 e. The molecule has 1 heterocycles. The van der Waals surface area contributed by atoms with Crippen LogP contribution >= 0.6 is 11.6 Å². The standard InChI is InChI=1S/C23H23ClN2O4/c1-3-29-22-20(24)12-17(13-21(22)28-2)23(27)26-14-16-7-6-9-19(11-16)30-15-18-8-4-5-10-25-18/h4-13H,3,14-15H2,1-2H3,(H,26,27). The van der Waals surface area contributed by atoms with Crippen molar-refractivity contribution < 1.29 is 19.0 Å². The van der Waals surface area contributed by atoms with Gasteiger partial charge in [0, 0.05) is 18.3 Å². The molecule has 0 unspecified atom stereocenters. The Morgan fingerprint density at radius 3 is 2.70 bits per heavy atom. The van der Waals surface area contributed by atoms with E-state index in [2.05, 4.69) is 10.3 Å². The molecule has 0 atom stereocenters. The summed E-state index contributed by atoms with van der Waals surface area (Å²) >= 11 is 6.25. The van der Waals surface area contributed by atoms with Gasteiger partial charge >= 0.3 is 0 Å². The first-order chi connectivity index (χ1) is 14.6. The summed E-state index contributed by atoms with van der Waals surface area (Å²) in [6.45, 7) is 3.01. The van der Waals surface area contributed by atoms with Crippen LogP contribution in [0.15, 0.2) is 60.8 Å². The quantitative estimate of drug-likeness (QED) is 0.539. The van der Waals surface area contributed by atoms with E-state index < -0.39 is 0 Å². The Morgan fingerprint density at radius 1 is 1.10 bits per heavy atom. The maximum Gasteiger partial charge on any atom is 0.251 e. The number of rotatable bonds is 9. The molecule has 2 aromatic carbocycles. The highest BCUT2D eigenvalue weighted by molar-refractivity contribution is 6.32. The van der Waals surface area contributed by atoms with E-state index in [1.165, 1.54) is 7.11 Å². The van der Waals surface area contributed by atoms with Crippen LogP contribution in [0.1, 0.15) is 28.5 Å². The van der Waals surface area contributed by atoms with Gasteiger partial charge in [-0.1, -0.05) is 29.8 Å². The van der Waals surface area contributed by atoms with E-state index in [0.717, 1.165) is 11.3 Å². The van der Waals surface area contributed by atoms with Crippen LogP contribution in [-0.2, 0) is 13.2 Å². The molecule has 6 nitrogen and oxygen atoms in total. The number of aromatic nitrogens is 1. The fourth-order valence-electron chi connectivity index (χ4n) is 2.81. The van der Waals surface area contributed by atoms with Crippen molar-refractivity contribution in [1.29, 1.82) is 0 Å². The lowest BCUT2D eigenvalue weighted by Gasteiger charge is -2.13. The zero-order valence-corrected chi connectivity index (χ0v) is 17.6. The number of amides is 1. The highest BCUT2D eigenvalue weighted by Crippen LogP contribution is 2.36. The Balaban J connectivity index is 1.62. The van der Waals surface area contributed by atoms with Crippen molar-refractivity contribution in [2.75, 3.05) is 13.7 Å². The summed E-state index contributed by atoms with van der Waals surface area (Å²) in [5, 5.41) is 3.21. The second-order valence-corrected chi connectivity index (χ2v) is 6.77.